The third-order valence-electron chi connectivity index (χ3n) is 1.37. The molecule has 0 saturated heterocycles. The molecule has 1 rings (SSSR count). The summed E-state index contributed by atoms with van der Waals surface area (Å²) in [7, 11) is 0. The number of benzene rings is 1. The molecule has 0 atom stereocenters. The third-order valence-corrected chi connectivity index (χ3v) is 2.40. The maximum absolute atomic E-state index is 8.33. The summed E-state index contributed by atoms with van der Waals surface area (Å²) >= 11 is 17.3. The zero-order valence-corrected chi connectivity index (χ0v) is 8.71. The lowest BCUT2D eigenvalue weighted by Crippen LogP contribution is -1.98. The minimum absolute atomic E-state index is 0.178. The molecule has 0 fully saturated rings. The number of nitrogens with zero attached hydrogens (tertiary/aromatic N) is 1. The van der Waals surface area contributed by atoms with Crippen LogP contribution in [-0.4, -0.2) is 6.54 Å². The lowest BCUT2D eigenvalue weighted by atomic mass is 10.3. The summed E-state index contributed by atoms with van der Waals surface area (Å²) in [5.74, 6) is 0. The van der Waals surface area contributed by atoms with Crippen molar-refractivity contribution < 1.29 is 0 Å². The van der Waals surface area contributed by atoms with Crippen LogP contribution < -0.4 is 5.32 Å². The summed E-state index contributed by atoms with van der Waals surface area (Å²) in [5, 5.41) is 12.4. The Hall–Kier alpha value is -0.620. The maximum atomic E-state index is 8.33. The first-order valence-electron chi connectivity index (χ1n) is 3.40. The molecule has 0 aliphatic rings. The van der Waals surface area contributed by atoms with Gasteiger partial charge in [-0.05, 0) is 12.1 Å². The molecule has 13 heavy (non-hydrogen) atoms. The molecule has 0 unspecified atom stereocenters. The van der Waals surface area contributed by atoms with E-state index in [1.165, 1.54) is 6.07 Å². The molecule has 0 bridgehead atoms. The summed E-state index contributed by atoms with van der Waals surface area (Å²) in [4.78, 5) is 0. The lowest BCUT2D eigenvalue weighted by molar-refractivity contribution is 1.32. The first-order chi connectivity index (χ1) is 6.15. The lowest BCUT2D eigenvalue weighted by Gasteiger charge is -2.05. The van der Waals surface area contributed by atoms with Crippen molar-refractivity contribution in [2.24, 2.45) is 0 Å². The Morgan fingerprint density at radius 3 is 2.38 bits per heavy atom. The van der Waals surface area contributed by atoms with Gasteiger partial charge in [-0.25, -0.2) is 0 Å². The average Bonchev–Trinajstić information content (AvgIpc) is 2.09. The Morgan fingerprint density at radius 2 is 1.77 bits per heavy atom. The number of nitriles is 1. The van der Waals surface area contributed by atoms with Gasteiger partial charge in [0.05, 0.1) is 26.8 Å². The van der Waals surface area contributed by atoms with Crippen LogP contribution in [-0.2, 0) is 0 Å². The minimum Gasteiger partial charge on any atom is -0.371 e. The van der Waals surface area contributed by atoms with Gasteiger partial charge in [-0.15, -0.1) is 0 Å². The van der Waals surface area contributed by atoms with Crippen molar-refractivity contribution in [2.45, 2.75) is 0 Å². The van der Waals surface area contributed by atoms with Gasteiger partial charge < -0.3 is 5.32 Å². The van der Waals surface area contributed by atoms with E-state index in [1.54, 1.807) is 6.07 Å². The van der Waals surface area contributed by atoms with Gasteiger partial charge in [0.2, 0.25) is 0 Å². The van der Waals surface area contributed by atoms with E-state index in [1.807, 2.05) is 6.07 Å². The highest BCUT2D eigenvalue weighted by atomic mass is 35.5. The second-order valence-corrected chi connectivity index (χ2v) is 3.48. The van der Waals surface area contributed by atoms with Crippen LogP contribution in [0.3, 0.4) is 0 Å². The normalized spacial score (nSPS) is 9.38. The monoisotopic (exact) mass is 234 g/mol. The average molecular weight is 236 g/mol. The standard InChI is InChI=1S/C8H5Cl3N2/c9-5-3-7(11)8(4-6(5)10)13-2-1-12/h3-4,13H,2H2. The van der Waals surface area contributed by atoms with Crippen molar-refractivity contribution >= 4 is 40.5 Å². The zero-order chi connectivity index (χ0) is 9.84. The SMILES string of the molecule is N#CCNc1cc(Cl)c(Cl)cc1Cl. The molecular formula is C8H5Cl3N2. The summed E-state index contributed by atoms with van der Waals surface area (Å²) in [5.41, 5.74) is 0.609. The van der Waals surface area contributed by atoms with Gasteiger partial charge in [0.15, 0.2) is 0 Å². The van der Waals surface area contributed by atoms with Crippen molar-refractivity contribution in [2.75, 3.05) is 11.9 Å². The fourth-order valence-corrected chi connectivity index (χ4v) is 1.41. The zero-order valence-electron chi connectivity index (χ0n) is 6.44. The molecule has 0 aromatic heterocycles. The van der Waals surface area contributed by atoms with Gasteiger partial charge >= 0.3 is 0 Å². The van der Waals surface area contributed by atoms with Crippen LogP contribution in [0.2, 0.25) is 15.1 Å². The Morgan fingerprint density at radius 1 is 1.15 bits per heavy atom. The summed E-state index contributed by atoms with van der Waals surface area (Å²) in [6.45, 7) is 0.178. The molecular weight excluding hydrogens is 230 g/mol. The molecule has 5 heteroatoms. The highest BCUT2D eigenvalue weighted by Gasteiger charge is 2.04. The van der Waals surface area contributed by atoms with E-state index < -0.39 is 0 Å². The summed E-state index contributed by atoms with van der Waals surface area (Å²) < 4.78 is 0. The Labute approximate surface area is 91.0 Å². The van der Waals surface area contributed by atoms with Gasteiger partial charge in [-0.1, -0.05) is 34.8 Å². The molecule has 0 saturated carbocycles. The number of nitrogens with one attached hydrogen (secondary N) is 1. The van der Waals surface area contributed by atoms with Crippen LogP contribution in [0.1, 0.15) is 0 Å². The first-order valence-corrected chi connectivity index (χ1v) is 4.54. The fourth-order valence-electron chi connectivity index (χ4n) is 0.793. The molecule has 1 N–H and O–H groups in total. The molecule has 1 aromatic rings. The number of anilines is 1. The van der Waals surface area contributed by atoms with Crippen LogP contribution in [0.4, 0.5) is 5.69 Å². The molecule has 0 aliphatic carbocycles. The predicted molar refractivity (Wildman–Crippen MR) is 55.6 cm³/mol. The second-order valence-electron chi connectivity index (χ2n) is 2.26. The second kappa shape index (κ2) is 4.57. The largest absolute Gasteiger partial charge is 0.371 e. The van der Waals surface area contributed by atoms with Crippen LogP contribution in [0.5, 0.6) is 0 Å². The smallest absolute Gasteiger partial charge is 0.103 e. The Kier molecular flexibility index (Phi) is 3.68. The van der Waals surface area contributed by atoms with Gasteiger partial charge in [-0.3, -0.25) is 0 Å². The van der Waals surface area contributed by atoms with E-state index in [-0.39, 0.29) is 6.54 Å². The molecule has 1 aromatic carbocycles. The van der Waals surface area contributed by atoms with E-state index >= 15 is 0 Å². The minimum atomic E-state index is 0.178. The van der Waals surface area contributed by atoms with Crippen LogP contribution in [0, 0.1) is 11.3 Å². The van der Waals surface area contributed by atoms with Crippen molar-refractivity contribution in [1.82, 2.24) is 0 Å². The van der Waals surface area contributed by atoms with Crippen molar-refractivity contribution in [1.29, 1.82) is 5.26 Å². The van der Waals surface area contributed by atoms with E-state index in [0.717, 1.165) is 0 Å². The number of halogens is 3. The fraction of sp³-hybridized carbons (Fsp3) is 0.125. The van der Waals surface area contributed by atoms with Crippen LogP contribution in [0.25, 0.3) is 0 Å². The number of hydrogen-bond donors (Lipinski definition) is 1. The van der Waals surface area contributed by atoms with Gasteiger partial charge in [0, 0.05) is 0 Å². The van der Waals surface area contributed by atoms with E-state index in [9.17, 15) is 0 Å². The summed E-state index contributed by atoms with van der Waals surface area (Å²) in [6, 6.07) is 5.05. The quantitative estimate of drug-likeness (QED) is 0.628. The molecule has 0 aliphatic heterocycles. The topological polar surface area (TPSA) is 35.8 Å². The number of hydrogen-bond acceptors (Lipinski definition) is 2. The van der Waals surface area contributed by atoms with E-state index in [0.29, 0.717) is 20.8 Å². The molecule has 0 spiro atoms. The van der Waals surface area contributed by atoms with E-state index in [4.69, 9.17) is 40.1 Å². The van der Waals surface area contributed by atoms with Crippen molar-refractivity contribution in [3.63, 3.8) is 0 Å². The van der Waals surface area contributed by atoms with Crippen molar-refractivity contribution in [3.05, 3.63) is 27.2 Å². The highest BCUT2D eigenvalue weighted by molar-refractivity contribution is 6.44. The highest BCUT2D eigenvalue weighted by Crippen LogP contribution is 2.31. The Bertz CT molecular complexity index is 357. The number of rotatable bonds is 2. The molecule has 68 valence electrons. The van der Waals surface area contributed by atoms with E-state index in [2.05, 4.69) is 5.32 Å². The van der Waals surface area contributed by atoms with Gasteiger partial charge in [0.1, 0.15) is 6.54 Å². The van der Waals surface area contributed by atoms with Gasteiger partial charge in [0.25, 0.3) is 0 Å². The molecule has 0 amide bonds. The van der Waals surface area contributed by atoms with Crippen LogP contribution in [0.15, 0.2) is 12.1 Å². The molecule has 0 radical (unpaired) electrons. The maximum Gasteiger partial charge on any atom is 0.103 e. The first kappa shape index (κ1) is 10.5. The Balaban J connectivity index is 2.96. The predicted octanol–water partition coefficient (Wildman–Crippen LogP) is 3.58. The molecule has 2 nitrogen and oxygen atoms in total. The molecule has 0 heterocycles. The van der Waals surface area contributed by atoms with Crippen molar-refractivity contribution in [3.8, 4) is 6.07 Å². The van der Waals surface area contributed by atoms with Crippen LogP contribution >= 0.6 is 34.8 Å². The van der Waals surface area contributed by atoms with Gasteiger partial charge in [-0.2, -0.15) is 5.26 Å². The third kappa shape index (κ3) is 2.67. The summed E-state index contributed by atoms with van der Waals surface area (Å²) in [6.07, 6.45) is 0.